The molecule has 7 nitrogen and oxygen atoms in total. The summed E-state index contributed by atoms with van der Waals surface area (Å²) in [6.07, 6.45) is -7.41. The first-order chi connectivity index (χ1) is 17.6. The zero-order valence-corrected chi connectivity index (χ0v) is 22.4. The summed E-state index contributed by atoms with van der Waals surface area (Å²) in [6.45, 7) is 6.24. The van der Waals surface area contributed by atoms with Crippen molar-refractivity contribution < 1.29 is 32.3 Å². The molecule has 38 heavy (non-hydrogen) atoms. The molecule has 1 heterocycles. The molecule has 3 rings (SSSR count). The van der Waals surface area contributed by atoms with Crippen molar-refractivity contribution in [1.82, 2.24) is 10.6 Å². The average molecular weight is 554 g/mol. The molecular formula is C27H31ClF3N3O4. The lowest BCUT2D eigenvalue weighted by Crippen LogP contribution is -2.45. The zero-order valence-electron chi connectivity index (χ0n) is 21.6. The summed E-state index contributed by atoms with van der Waals surface area (Å²) in [5.74, 6) is -1.70. The van der Waals surface area contributed by atoms with Gasteiger partial charge in [0.1, 0.15) is 18.8 Å². The van der Waals surface area contributed by atoms with E-state index in [2.05, 4.69) is 5.32 Å². The largest absolute Gasteiger partial charge is 0.405 e. The quantitative estimate of drug-likeness (QED) is 0.510. The topological polar surface area (TPSA) is 87.7 Å². The normalized spacial score (nSPS) is 18.0. The first-order valence-electron chi connectivity index (χ1n) is 12.1. The van der Waals surface area contributed by atoms with Crippen LogP contribution in [0.25, 0.3) is 0 Å². The predicted octanol–water partition coefficient (Wildman–Crippen LogP) is 4.91. The van der Waals surface area contributed by atoms with Gasteiger partial charge in [0, 0.05) is 36.3 Å². The molecule has 0 spiro atoms. The van der Waals surface area contributed by atoms with Crippen molar-refractivity contribution in [2.45, 2.75) is 59.0 Å². The van der Waals surface area contributed by atoms with E-state index >= 15 is 0 Å². The fraction of sp³-hybridized carbons (Fsp3) is 0.444. The second kappa shape index (κ2) is 11.7. The van der Waals surface area contributed by atoms with E-state index in [4.69, 9.17) is 16.3 Å². The first kappa shape index (κ1) is 29.4. The van der Waals surface area contributed by atoms with Crippen LogP contribution in [-0.4, -0.2) is 43.1 Å². The summed E-state index contributed by atoms with van der Waals surface area (Å²) in [5, 5.41) is 4.94. The molecule has 1 aliphatic rings. The molecule has 0 radical (unpaired) electrons. The third-order valence-electron chi connectivity index (χ3n) is 5.69. The smallest absolute Gasteiger partial charge is 0.355 e. The number of hydrogen-bond acceptors (Lipinski definition) is 4. The van der Waals surface area contributed by atoms with E-state index in [9.17, 15) is 27.6 Å². The maximum absolute atomic E-state index is 13.7. The minimum absolute atomic E-state index is 0.202. The van der Waals surface area contributed by atoms with Gasteiger partial charge in [-0.25, -0.2) is 0 Å². The van der Waals surface area contributed by atoms with Gasteiger partial charge in [-0.3, -0.25) is 14.4 Å². The van der Waals surface area contributed by atoms with Crippen molar-refractivity contribution in [3.8, 4) is 0 Å². The minimum Gasteiger partial charge on any atom is -0.355 e. The van der Waals surface area contributed by atoms with E-state index in [1.165, 1.54) is 11.8 Å². The Labute approximate surface area is 224 Å². The number of nitrogens with zero attached hydrogens (tertiary/aromatic N) is 1. The van der Waals surface area contributed by atoms with Gasteiger partial charge in [-0.05, 0) is 34.7 Å². The molecule has 0 aliphatic carbocycles. The van der Waals surface area contributed by atoms with Gasteiger partial charge >= 0.3 is 6.18 Å². The second-order valence-corrected chi connectivity index (χ2v) is 10.9. The fourth-order valence-electron chi connectivity index (χ4n) is 4.13. The van der Waals surface area contributed by atoms with E-state index in [0.717, 1.165) is 5.56 Å². The Morgan fingerprint density at radius 1 is 1.08 bits per heavy atom. The number of amides is 3. The van der Waals surface area contributed by atoms with Crippen LogP contribution in [0.5, 0.6) is 0 Å². The molecule has 11 heteroatoms. The lowest BCUT2D eigenvalue weighted by atomic mass is 9.94. The van der Waals surface area contributed by atoms with Crippen LogP contribution in [0.3, 0.4) is 0 Å². The van der Waals surface area contributed by atoms with E-state index in [-0.39, 0.29) is 24.4 Å². The fourth-order valence-corrected chi connectivity index (χ4v) is 4.31. The van der Waals surface area contributed by atoms with E-state index in [1.807, 2.05) is 32.2 Å². The van der Waals surface area contributed by atoms with Crippen molar-refractivity contribution >= 4 is 35.0 Å². The highest BCUT2D eigenvalue weighted by molar-refractivity contribution is 6.30. The standard InChI is InChI=1S/C27H31ClF3N3O4/c1-16(35)32-13-17-6-5-7-18(10-17)24-20-11-19(28)8-9-21(20)34(15-26(2,3)4)25(37)22(38-24)12-23(36)33-14-27(29,30)31/h5-11,22,24H,12-15H2,1-4H3,(H,32,35)(H,33,36). The van der Waals surface area contributed by atoms with Crippen molar-refractivity contribution in [3.05, 3.63) is 64.2 Å². The Morgan fingerprint density at radius 3 is 2.42 bits per heavy atom. The van der Waals surface area contributed by atoms with Gasteiger partial charge in [0.2, 0.25) is 11.8 Å². The van der Waals surface area contributed by atoms with Gasteiger partial charge < -0.3 is 20.3 Å². The lowest BCUT2D eigenvalue weighted by molar-refractivity contribution is -0.144. The minimum atomic E-state index is -4.59. The Balaban J connectivity index is 2.07. The van der Waals surface area contributed by atoms with Crippen molar-refractivity contribution in [2.75, 3.05) is 18.0 Å². The number of nitrogens with one attached hydrogen (secondary N) is 2. The number of halogens is 4. The Morgan fingerprint density at radius 2 is 1.79 bits per heavy atom. The third-order valence-corrected chi connectivity index (χ3v) is 5.92. The van der Waals surface area contributed by atoms with Crippen LogP contribution >= 0.6 is 11.6 Å². The maximum Gasteiger partial charge on any atom is 0.405 e. The molecule has 0 fully saturated rings. The number of alkyl halides is 3. The summed E-state index contributed by atoms with van der Waals surface area (Å²) < 4.78 is 44.3. The van der Waals surface area contributed by atoms with Crippen molar-refractivity contribution in [3.63, 3.8) is 0 Å². The summed E-state index contributed by atoms with van der Waals surface area (Å²) >= 11 is 6.34. The SMILES string of the molecule is CC(=O)NCc1cccc(C2OC(CC(=O)NCC(F)(F)F)C(=O)N(CC(C)(C)C)c3ccc(Cl)cc32)c1. The van der Waals surface area contributed by atoms with Crippen molar-refractivity contribution in [2.24, 2.45) is 5.41 Å². The molecule has 2 aromatic carbocycles. The molecule has 0 aromatic heterocycles. The van der Waals surface area contributed by atoms with E-state index in [0.29, 0.717) is 21.8 Å². The highest BCUT2D eigenvalue weighted by atomic mass is 35.5. The number of ether oxygens (including phenoxy) is 1. The molecule has 0 bridgehead atoms. The van der Waals surface area contributed by atoms with Crippen molar-refractivity contribution in [1.29, 1.82) is 0 Å². The Bertz CT molecular complexity index is 1200. The van der Waals surface area contributed by atoms with Crippen LogP contribution in [0.4, 0.5) is 18.9 Å². The highest BCUT2D eigenvalue weighted by Gasteiger charge is 2.39. The predicted molar refractivity (Wildman–Crippen MR) is 138 cm³/mol. The summed E-state index contributed by atoms with van der Waals surface area (Å²) in [5.41, 5.74) is 2.15. The molecule has 2 N–H and O–H groups in total. The highest BCUT2D eigenvalue weighted by Crippen LogP contribution is 2.41. The molecule has 206 valence electrons. The van der Waals surface area contributed by atoms with Gasteiger partial charge in [-0.2, -0.15) is 13.2 Å². The number of carbonyl (C=O) groups is 3. The summed E-state index contributed by atoms with van der Waals surface area (Å²) in [7, 11) is 0. The van der Waals surface area contributed by atoms with Gasteiger partial charge in [0.25, 0.3) is 5.91 Å². The number of rotatable bonds is 7. The molecule has 0 saturated heterocycles. The summed E-state index contributed by atoms with van der Waals surface area (Å²) in [4.78, 5) is 39.1. The maximum atomic E-state index is 13.7. The van der Waals surface area contributed by atoms with Crippen LogP contribution in [0, 0.1) is 5.41 Å². The molecule has 1 aliphatic heterocycles. The van der Waals surface area contributed by atoms with Crippen LogP contribution in [0.15, 0.2) is 42.5 Å². The number of fused-ring (bicyclic) bond motifs is 1. The van der Waals surface area contributed by atoms with Gasteiger partial charge in [0.15, 0.2) is 0 Å². The van der Waals surface area contributed by atoms with Crippen LogP contribution in [0.2, 0.25) is 5.02 Å². The van der Waals surface area contributed by atoms with Crippen LogP contribution < -0.4 is 15.5 Å². The number of anilines is 1. The third kappa shape index (κ3) is 8.19. The van der Waals surface area contributed by atoms with Gasteiger partial charge in [-0.1, -0.05) is 56.6 Å². The lowest BCUT2D eigenvalue weighted by Gasteiger charge is -2.31. The van der Waals surface area contributed by atoms with E-state index in [1.54, 1.807) is 36.4 Å². The molecule has 2 atom stereocenters. The average Bonchev–Trinajstić information content (AvgIpc) is 2.90. The monoisotopic (exact) mass is 553 g/mol. The van der Waals surface area contributed by atoms with Gasteiger partial charge in [0.05, 0.1) is 6.42 Å². The molecule has 3 amide bonds. The first-order valence-corrected chi connectivity index (χ1v) is 12.4. The van der Waals surface area contributed by atoms with Crippen LogP contribution in [0.1, 0.15) is 56.9 Å². The number of carbonyl (C=O) groups excluding carboxylic acids is 3. The molecule has 2 unspecified atom stereocenters. The molecule has 2 aromatic rings. The second-order valence-electron chi connectivity index (χ2n) is 10.4. The van der Waals surface area contributed by atoms with E-state index < -0.39 is 43.2 Å². The summed E-state index contributed by atoms with van der Waals surface area (Å²) in [6, 6.07) is 12.2. The van der Waals surface area contributed by atoms with Crippen LogP contribution in [-0.2, 0) is 25.7 Å². The number of benzene rings is 2. The molecule has 0 saturated carbocycles. The van der Waals surface area contributed by atoms with Gasteiger partial charge in [-0.15, -0.1) is 0 Å². The number of hydrogen-bond donors (Lipinski definition) is 2. The zero-order chi connectivity index (χ0) is 28.3. The Hall–Kier alpha value is -3.11. The molecular weight excluding hydrogens is 523 g/mol. The Kier molecular flexibility index (Phi) is 9.09.